The van der Waals surface area contributed by atoms with Crippen molar-refractivity contribution < 1.29 is 22.3 Å². The van der Waals surface area contributed by atoms with E-state index in [9.17, 15) is 17.6 Å². The Balaban J connectivity index is 3.05. The van der Waals surface area contributed by atoms with E-state index in [1.807, 2.05) is 0 Å². The van der Waals surface area contributed by atoms with Crippen LogP contribution in [0.25, 0.3) is 0 Å². The van der Waals surface area contributed by atoms with Crippen LogP contribution in [0.4, 0.5) is 17.6 Å². The first-order chi connectivity index (χ1) is 6.00. The first-order valence-corrected chi connectivity index (χ1v) is 4.18. The second kappa shape index (κ2) is 4.12. The van der Waals surface area contributed by atoms with E-state index >= 15 is 0 Å². The predicted molar refractivity (Wildman–Crippen MR) is 45.7 cm³/mol. The summed E-state index contributed by atoms with van der Waals surface area (Å²) < 4.78 is 52.3. The molecule has 0 spiro atoms. The fraction of sp³-hybridized carbons (Fsp3) is 0.143. The molecule has 0 radical (unpaired) electrons. The lowest BCUT2D eigenvalue weighted by molar-refractivity contribution is -0.0507. The van der Waals surface area contributed by atoms with Gasteiger partial charge in [0.15, 0.2) is 0 Å². The van der Waals surface area contributed by atoms with Crippen molar-refractivity contribution in [3.8, 4) is 5.75 Å². The number of halogens is 5. The van der Waals surface area contributed by atoms with Gasteiger partial charge in [0.1, 0.15) is 17.4 Å². The smallest absolute Gasteiger partial charge is 0.387 e. The maximum Gasteiger partial charge on any atom is 0.387 e. The van der Waals surface area contributed by atoms with E-state index < -0.39 is 24.0 Å². The highest BCUT2D eigenvalue weighted by Crippen LogP contribution is 2.26. The summed E-state index contributed by atoms with van der Waals surface area (Å²) in [7, 11) is 0. The highest BCUT2D eigenvalue weighted by Gasteiger charge is 2.13. The Morgan fingerprint density at radius 2 is 1.85 bits per heavy atom. The Hall–Kier alpha value is -0.530. The van der Waals surface area contributed by atoms with Crippen LogP contribution in [0.2, 0.25) is 0 Å². The quantitative estimate of drug-likeness (QED) is 0.463. The van der Waals surface area contributed by atoms with Crippen LogP contribution in [0, 0.1) is 15.2 Å². The Morgan fingerprint density at radius 3 is 2.38 bits per heavy atom. The maximum absolute atomic E-state index is 12.7. The van der Waals surface area contributed by atoms with Crippen LogP contribution in [0.3, 0.4) is 0 Å². The molecule has 0 aliphatic carbocycles. The molecule has 0 atom stereocenters. The Bertz CT molecular complexity index is 316. The third kappa shape index (κ3) is 2.71. The molecule has 1 aromatic rings. The summed E-state index contributed by atoms with van der Waals surface area (Å²) in [5.41, 5.74) is 0. The Kier molecular flexibility index (Phi) is 3.34. The van der Waals surface area contributed by atoms with E-state index in [0.29, 0.717) is 12.1 Å². The number of benzene rings is 1. The van der Waals surface area contributed by atoms with Crippen molar-refractivity contribution in [2.45, 2.75) is 6.61 Å². The summed E-state index contributed by atoms with van der Waals surface area (Å²) >= 11 is 1.45. The van der Waals surface area contributed by atoms with Gasteiger partial charge in [-0.1, -0.05) is 0 Å². The van der Waals surface area contributed by atoms with Crippen LogP contribution in [0.5, 0.6) is 5.75 Å². The van der Waals surface area contributed by atoms with Gasteiger partial charge in [0.05, 0.1) is 3.57 Å². The zero-order chi connectivity index (χ0) is 10.0. The highest BCUT2D eigenvalue weighted by atomic mass is 127. The summed E-state index contributed by atoms with van der Waals surface area (Å²) in [6.07, 6.45) is 0. The molecule has 0 aliphatic rings. The monoisotopic (exact) mass is 306 g/mol. The van der Waals surface area contributed by atoms with Crippen molar-refractivity contribution in [2.24, 2.45) is 0 Å². The van der Waals surface area contributed by atoms with E-state index in [1.54, 1.807) is 0 Å². The SMILES string of the molecule is Fc1cc(F)c(I)c(OC(F)F)c1. The van der Waals surface area contributed by atoms with Crippen LogP contribution >= 0.6 is 22.6 Å². The first-order valence-electron chi connectivity index (χ1n) is 3.10. The fourth-order valence-electron chi connectivity index (χ4n) is 0.714. The molecule has 0 amide bonds. The molecule has 13 heavy (non-hydrogen) atoms. The molecule has 1 rings (SSSR count). The van der Waals surface area contributed by atoms with E-state index in [-0.39, 0.29) is 3.57 Å². The molecule has 0 saturated carbocycles. The van der Waals surface area contributed by atoms with Gasteiger partial charge in [-0.05, 0) is 22.6 Å². The highest BCUT2D eigenvalue weighted by molar-refractivity contribution is 14.1. The molecule has 0 aliphatic heterocycles. The Labute approximate surface area is 84.8 Å². The molecule has 0 aromatic heterocycles. The number of rotatable bonds is 2. The average molecular weight is 306 g/mol. The molecule has 6 heteroatoms. The first kappa shape index (κ1) is 10.6. The average Bonchev–Trinajstić information content (AvgIpc) is 1.98. The van der Waals surface area contributed by atoms with Gasteiger partial charge in [0.2, 0.25) is 0 Å². The lowest BCUT2D eigenvalue weighted by atomic mass is 10.3. The summed E-state index contributed by atoms with van der Waals surface area (Å²) in [6.45, 7) is -3.09. The lowest BCUT2D eigenvalue weighted by Gasteiger charge is -2.06. The van der Waals surface area contributed by atoms with Gasteiger partial charge in [-0.3, -0.25) is 0 Å². The number of hydrogen-bond donors (Lipinski definition) is 0. The van der Waals surface area contributed by atoms with E-state index in [2.05, 4.69) is 4.74 Å². The van der Waals surface area contributed by atoms with Gasteiger partial charge in [0, 0.05) is 12.1 Å². The number of alkyl halides is 2. The van der Waals surface area contributed by atoms with Gasteiger partial charge in [0.25, 0.3) is 0 Å². The maximum atomic E-state index is 12.7. The molecule has 1 aromatic carbocycles. The van der Waals surface area contributed by atoms with Crippen molar-refractivity contribution in [1.29, 1.82) is 0 Å². The van der Waals surface area contributed by atoms with E-state index in [4.69, 9.17) is 0 Å². The third-order valence-corrected chi connectivity index (χ3v) is 2.22. The van der Waals surface area contributed by atoms with Gasteiger partial charge < -0.3 is 4.74 Å². The lowest BCUT2D eigenvalue weighted by Crippen LogP contribution is -2.04. The molecule has 72 valence electrons. The molecule has 0 fully saturated rings. The second-order valence-electron chi connectivity index (χ2n) is 2.08. The van der Waals surface area contributed by atoms with Crippen molar-refractivity contribution in [2.75, 3.05) is 0 Å². The van der Waals surface area contributed by atoms with Crippen molar-refractivity contribution in [3.63, 3.8) is 0 Å². The molecule has 0 saturated heterocycles. The molecule has 0 N–H and O–H groups in total. The molecular weight excluding hydrogens is 303 g/mol. The molecule has 0 heterocycles. The van der Waals surface area contributed by atoms with Crippen LogP contribution in [-0.4, -0.2) is 6.61 Å². The van der Waals surface area contributed by atoms with E-state index in [0.717, 1.165) is 0 Å². The third-order valence-electron chi connectivity index (χ3n) is 1.18. The summed E-state index contributed by atoms with van der Waals surface area (Å²) in [4.78, 5) is 0. The normalized spacial score (nSPS) is 10.6. The van der Waals surface area contributed by atoms with Crippen molar-refractivity contribution in [3.05, 3.63) is 27.3 Å². The molecular formula is C7H3F4IO. The van der Waals surface area contributed by atoms with E-state index in [1.165, 1.54) is 22.6 Å². The van der Waals surface area contributed by atoms with Gasteiger partial charge in [-0.25, -0.2) is 8.78 Å². The van der Waals surface area contributed by atoms with Crippen LogP contribution in [0.1, 0.15) is 0 Å². The summed E-state index contributed by atoms with van der Waals surface area (Å²) in [6, 6.07) is 1.30. The number of ether oxygens (including phenoxy) is 1. The largest absolute Gasteiger partial charge is 0.433 e. The molecule has 0 bridgehead atoms. The predicted octanol–water partition coefficient (Wildman–Crippen LogP) is 3.17. The Morgan fingerprint density at radius 1 is 1.23 bits per heavy atom. The molecule has 1 nitrogen and oxygen atoms in total. The second-order valence-corrected chi connectivity index (χ2v) is 3.16. The minimum atomic E-state index is -3.09. The zero-order valence-electron chi connectivity index (χ0n) is 6.03. The number of hydrogen-bond acceptors (Lipinski definition) is 1. The zero-order valence-corrected chi connectivity index (χ0v) is 8.19. The van der Waals surface area contributed by atoms with Crippen LogP contribution in [0.15, 0.2) is 12.1 Å². The van der Waals surface area contributed by atoms with Gasteiger partial charge >= 0.3 is 6.61 Å². The van der Waals surface area contributed by atoms with Gasteiger partial charge in [-0.15, -0.1) is 0 Å². The van der Waals surface area contributed by atoms with Gasteiger partial charge in [-0.2, -0.15) is 8.78 Å². The topological polar surface area (TPSA) is 9.23 Å². The fourth-order valence-corrected chi connectivity index (χ4v) is 1.15. The standard InChI is InChI=1S/C7H3F4IO/c8-3-1-4(9)6(12)5(2-3)13-7(10)11/h1-2,7H. The minimum absolute atomic E-state index is 0.167. The van der Waals surface area contributed by atoms with Crippen molar-refractivity contribution in [1.82, 2.24) is 0 Å². The van der Waals surface area contributed by atoms with Crippen molar-refractivity contribution >= 4 is 22.6 Å². The minimum Gasteiger partial charge on any atom is -0.433 e. The van der Waals surface area contributed by atoms with Crippen LogP contribution in [-0.2, 0) is 0 Å². The summed E-state index contributed by atoms with van der Waals surface area (Å²) in [5, 5.41) is 0. The summed E-state index contributed by atoms with van der Waals surface area (Å²) in [5.74, 6) is -2.36. The molecule has 0 unspecified atom stereocenters. The van der Waals surface area contributed by atoms with Crippen LogP contribution < -0.4 is 4.74 Å².